The second-order valence-corrected chi connectivity index (χ2v) is 33.7. The molecule has 0 unspecified atom stereocenters. The van der Waals surface area contributed by atoms with Gasteiger partial charge in [-0.05, 0) is 78.7 Å². The van der Waals surface area contributed by atoms with Crippen LogP contribution < -0.4 is 9.47 Å². The van der Waals surface area contributed by atoms with Crippen molar-refractivity contribution in [2.45, 2.75) is 141 Å². The predicted octanol–water partition coefficient (Wildman–Crippen LogP) is 9.35. The molecule has 13 nitrogen and oxygen atoms in total. The molecule has 1 saturated heterocycles. The number of aromatic nitrogens is 7. The van der Waals surface area contributed by atoms with E-state index in [2.05, 4.69) is 118 Å². The fourth-order valence-electron chi connectivity index (χ4n) is 5.54. The third kappa shape index (κ3) is 9.06. The molecule has 16 heteroatoms. The molecule has 56 heavy (non-hydrogen) atoms. The van der Waals surface area contributed by atoms with Crippen molar-refractivity contribution in [2.75, 3.05) is 20.3 Å². The van der Waals surface area contributed by atoms with E-state index in [0.29, 0.717) is 23.5 Å². The lowest BCUT2D eigenvalue weighted by Crippen LogP contribution is -2.54. The molecule has 0 amide bonds. The van der Waals surface area contributed by atoms with Crippen molar-refractivity contribution >= 4 is 36.1 Å². The summed E-state index contributed by atoms with van der Waals surface area (Å²) in [6.07, 6.45) is 3.19. The molecule has 0 bridgehead atoms. The Balaban J connectivity index is 1.67. The van der Waals surface area contributed by atoms with Gasteiger partial charge in [0.25, 0.3) is 5.95 Å². The highest BCUT2D eigenvalue weighted by Crippen LogP contribution is 2.47. The van der Waals surface area contributed by atoms with Gasteiger partial charge in [0.2, 0.25) is 5.88 Å². The molecular formula is C40H65N7O6Si3. The average Bonchev–Trinajstić information content (AvgIpc) is 3.83. The zero-order valence-corrected chi connectivity index (χ0v) is 39.6. The summed E-state index contributed by atoms with van der Waals surface area (Å²) in [7, 11) is -5.29. The summed E-state index contributed by atoms with van der Waals surface area (Å²) in [5.41, 5.74) is 2.50. The molecule has 0 spiro atoms. The molecule has 1 aromatic carbocycles. The summed E-state index contributed by atoms with van der Waals surface area (Å²) in [5, 5.41) is 8.73. The van der Waals surface area contributed by atoms with E-state index >= 15 is 0 Å². The van der Waals surface area contributed by atoms with Crippen LogP contribution in [0.1, 0.15) is 68.5 Å². The molecule has 0 radical (unpaired) electrons. The summed E-state index contributed by atoms with van der Waals surface area (Å²) in [6, 6.07) is 7.62. The number of hydrogen-bond acceptors (Lipinski definition) is 11. The van der Waals surface area contributed by atoms with Gasteiger partial charge in [0, 0.05) is 5.56 Å². The van der Waals surface area contributed by atoms with Crippen LogP contribution in [-0.2, 0) is 18.0 Å². The Morgan fingerprint density at radius 2 is 1.41 bits per heavy atom. The van der Waals surface area contributed by atoms with E-state index in [0.717, 1.165) is 11.3 Å². The number of fused-ring (bicyclic) bond motifs is 1. The van der Waals surface area contributed by atoms with Crippen LogP contribution in [0.2, 0.25) is 54.4 Å². The first kappa shape index (κ1) is 43.9. The van der Waals surface area contributed by atoms with Crippen LogP contribution >= 0.6 is 0 Å². The minimum atomic E-state index is -2.41. The van der Waals surface area contributed by atoms with Gasteiger partial charge in [-0.25, -0.2) is 4.98 Å². The van der Waals surface area contributed by atoms with Crippen molar-refractivity contribution < 1.29 is 27.5 Å². The molecule has 5 rings (SSSR count). The Kier molecular flexibility index (Phi) is 12.4. The molecular weight excluding hydrogens is 759 g/mol. The molecule has 0 aliphatic carbocycles. The monoisotopic (exact) mass is 823 g/mol. The summed E-state index contributed by atoms with van der Waals surface area (Å²) >= 11 is 0. The van der Waals surface area contributed by atoms with Crippen molar-refractivity contribution in [3.63, 3.8) is 0 Å². The summed E-state index contributed by atoms with van der Waals surface area (Å²) in [4.78, 5) is 14.6. The van der Waals surface area contributed by atoms with Crippen molar-refractivity contribution in [3.05, 3.63) is 49.4 Å². The first-order valence-corrected chi connectivity index (χ1v) is 28.2. The summed E-state index contributed by atoms with van der Waals surface area (Å²) in [5.74, 6) is 1.30. The van der Waals surface area contributed by atoms with Gasteiger partial charge in [-0.2, -0.15) is 14.6 Å². The normalized spacial score (nSPS) is 20.1. The highest BCUT2D eigenvalue weighted by molar-refractivity contribution is 6.75. The van der Waals surface area contributed by atoms with Gasteiger partial charge >= 0.3 is 0 Å². The first-order valence-electron chi connectivity index (χ1n) is 19.5. The Morgan fingerprint density at radius 1 is 0.821 bits per heavy atom. The van der Waals surface area contributed by atoms with E-state index in [4.69, 9.17) is 42.4 Å². The van der Waals surface area contributed by atoms with E-state index in [-0.39, 0.29) is 33.6 Å². The zero-order chi connectivity index (χ0) is 41.6. The first-order chi connectivity index (χ1) is 25.8. The Bertz CT molecular complexity index is 1980. The van der Waals surface area contributed by atoms with Crippen LogP contribution in [0.15, 0.2) is 49.4 Å². The van der Waals surface area contributed by atoms with Crippen molar-refractivity contribution in [2.24, 2.45) is 0 Å². The van der Waals surface area contributed by atoms with Crippen molar-refractivity contribution in [1.29, 1.82) is 0 Å². The lowest BCUT2D eigenvalue weighted by molar-refractivity contribution is -0.0470. The lowest BCUT2D eigenvalue weighted by atomic mass is 10.1. The van der Waals surface area contributed by atoms with Gasteiger partial charge in [0.1, 0.15) is 36.4 Å². The second kappa shape index (κ2) is 15.8. The number of hydrogen-bond donors (Lipinski definition) is 0. The molecule has 308 valence electrons. The summed E-state index contributed by atoms with van der Waals surface area (Å²) in [6.45, 7) is 38.4. The van der Waals surface area contributed by atoms with Crippen LogP contribution in [0.4, 0.5) is 0 Å². The third-order valence-corrected chi connectivity index (χ3v) is 25.7. The number of nitrogens with zero attached hydrogens (tertiary/aromatic N) is 7. The fourth-order valence-corrected chi connectivity index (χ4v) is 9.16. The largest absolute Gasteiger partial charge is 0.497 e. The Morgan fingerprint density at radius 3 is 1.96 bits per heavy atom. The van der Waals surface area contributed by atoms with Crippen LogP contribution in [0, 0.1) is 0 Å². The smallest absolute Gasteiger partial charge is 0.257 e. The minimum absolute atomic E-state index is 0.0160. The number of benzene rings is 1. The van der Waals surface area contributed by atoms with Crippen LogP contribution in [0.5, 0.6) is 11.6 Å². The molecule has 0 saturated carbocycles. The van der Waals surface area contributed by atoms with E-state index in [9.17, 15) is 0 Å². The van der Waals surface area contributed by atoms with Gasteiger partial charge in [-0.3, -0.25) is 4.57 Å². The number of methoxy groups -OCH3 is 1. The summed E-state index contributed by atoms with van der Waals surface area (Å²) < 4.78 is 43.8. The number of imidazole rings is 1. The maximum absolute atomic E-state index is 7.42. The molecule has 1 fully saturated rings. The Hall–Kier alpha value is -3.26. The van der Waals surface area contributed by atoms with Gasteiger partial charge in [-0.1, -0.05) is 80.2 Å². The van der Waals surface area contributed by atoms with Gasteiger partial charge in [-0.15, -0.1) is 5.10 Å². The molecule has 0 N–H and O–H groups in total. The predicted molar refractivity (Wildman–Crippen MR) is 229 cm³/mol. The quantitative estimate of drug-likeness (QED) is 0.0891. The lowest BCUT2D eigenvalue weighted by Gasteiger charge is -2.44. The Labute approximate surface area is 336 Å². The van der Waals surface area contributed by atoms with Crippen LogP contribution in [-0.4, -0.2) is 98.1 Å². The van der Waals surface area contributed by atoms with Crippen molar-refractivity contribution in [3.8, 4) is 28.8 Å². The third-order valence-electron chi connectivity index (χ3n) is 12.2. The molecule has 4 atom stereocenters. The van der Waals surface area contributed by atoms with E-state index < -0.39 is 49.5 Å². The van der Waals surface area contributed by atoms with Gasteiger partial charge in [0.15, 0.2) is 42.3 Å². The average molecular weight is 824 g/mol. The van der Waals surface area contributed by atoms with E-state index in [1.54, 1.807) is 25.7 Å². The zero-order valence-electron chi connectivity index (χ0n) is 36.6. The molecule has 3 aromatic heterocycles. The standard InChI is InChI=1S/C40H65N7O6Si3/c1-18-23-49-35-31-34(42-37(43-35)47-24-29(44-45-47)27-19-21-28(48-11)22-20-27)46(26-41-31)36-33(53-56(16,17)40(8,9)10)32(52-55(14,15)39(5,6)7)30(51-36)25-50-54(12,13)38(2,3)4/h18-22,24,26,30,32-33,36H,1,23,25H2,2-17H3/t30-,32-,33-,36-/m1/s1. The fraction of sp³-hybridized carbons (Fsp3) is 0.625. The maximum Gasteiger partial charge on any atom is 0.257 e. The molecule has 4 heterocycles. The topological polar surface area (TPSA) is 130 Å². The maximum atomic E-state index is 7.42. The number of rotatable bonds is 14. The van der Waals surface area contributed by atoms with Crippen LogP contribution in [0.3, 0.4) is 0 Å². The minimum Gasteiger partial charge on any atom is -0.497 e. The molecule has 4 aromatic rings. The molecule has 1 aliphatic rings. The second-order valence-electron chi connectivity index (χ2n) is 19.4. The SMILES string of the molecule is C=CCOc1nc(-n2cc(-c3ccc(OC)cc3)nn2)nc2c1ncn2[C@@H]1O[C@H](CO[Si](C)(C)C(C)(C)C)[C@@H](O[Si](C)(C)C(C)(C)C)[C@H]1O[Si](C)(C)C(C)(C)C. The van der Waals surface area contributed by atoms with E-state index in [1.807, 2.05) is 28.8 Å². The van der Waals surface area contributed by atoms with Crippen molar-refractivity contribution in [1.82, 2.24) is 34.5 Å². The highest BCUT2D eigenvalue weighted by atomic mass is 28.4. The van der Waals surface area contributed by atoms with E-state index in [1.165, 1.54) is 4.68 Å². The molecule has 1 aliphatic heterocycles. The van der Waals surface area contributed by atoms with Gasteiger partial charge in [0.05, 0.1) is 26.2 Å². The van der Waals surface area contributed by atoms with Crippen LogP contribution in [0.25, 0.3) is 28.4 Å². The highest BCUT2D eigenvalue weighted by Gasteiger charge is 2.55. The number of ether oxygens (including phenoxy) is 3. The van der Waals surface area contributed by atoms with Gasteiger partial charge < -0.3 is 27.5 Å².